The Morgan fingerprint density at radius 1 is 0.758 bits per heavy atom. The molecule has 0 amide bonds. The number of hydrogen-bond donors (Lipinski definition) is 0. The minimum absolute atomic E-state index is 0.211. The lowest BCUT2D eigenvalue weighted by Gasteiger charge is -2.53. The summed E-state index contributed by atoms with van der Waals surface area (Å²) in [5.74, 6) is 0. The monoisotopic (exact) mass is 506 g/mol. The van der Waals surface area contributed by atoms with E-state index in [0.717, 1.165) is 25.7 Å². The summed E-state index contributed by atoms with van der Waals surface area (Å²) < 4.78 is 40.3. The van der Waals surface area contributed by atoms with Crippen LogP contribution in [0.25, 0.3) is 0 Å². The molecule has 2 saturated heterocycles. The van der Waals surface area contributed by atoms with Gasteiger partial charge in [0.1, 0.15) is 13.2 Å². The Bertz CT molecular complexity index is 675. The first-order valence-corrected chi connectivity index (χ1v) is 17.9. The van der Waals surface area contributed by atoms with E-state index in [-0.39, 0.29) is 25.9 Å². The molecule has 2 aliphatic rings. The Kier molecular flexibility index (Phi) is 9.42. The van der Waals surface area contributed by atoms with Crippen molar-refractivity contribution in [2.24, 2.45) is 0 Å². The summed E-state index contributed by atoms with van der Waals surface area (Å²) in [6, 6.07) is 0. The van der Waals surface area contributed by atoms with E-state index in [1.165, 1.54) is 0 Å². The van der Waals surface area contributed by atoms with Gasteiger partial charge in [0.2, 0.25) is 16.6 Å². The summed E-state index contributed by atoms with van der Waals surface area (Å²) in [6.45, 7) is 18.3. The van der Waals surface area contributed by atoms with Crippen molar-refractivity contribution in [3.63, 3.8) is 0 Å². The van der Waals surface area contributed by atoms with Crippen molar-refractivity contribution < 1.29 is 42.1 Å². The minimum atomic E-state index is -2.49. The molecule has 2 atom stereocenters. The Labute approximate surface area is 200 Å². The van der Waals surface area contributed by atoms with E-state index in [2.05, 4.69) is 53.9 Å². The van der Waals surface area contributed by atoms with Gasteiger partial charge in [-0.2, -0.15) is 0 Å². The minimum Gasteiger partial charge on any atom is -0.430 e. The van der Waals surface area contributed by atoms with E-state index in [1.54, 1.807) is 0 Å². The van der Waals surface area contributed by atoms with Gasteiger partial charge in [0.05, 0.1) is 23.7 Å². The number of carbonyl (C=O) groups is 2. The molecule has 192 valence electrons. The van der Waals surface area contributed by atoms with Gasteiger partial charge in [0.15, 0.2) is 12.2 Å². The molecule has 2 unspecified atom stereocenters. The number of hydrogen-bond acceptors (Lipinski definition) is 9. The third kappa shape index (κ3) is 6.11. The smallest absolute Gasteiger partial charge is 0.430 e. The zero-order valence-electron chi connectivity index (χ0n) is 21.5. The lowest BCUT2D eigenvalue weighted by molar-refractivity contribution is -0.0542. The van der Waals surface area contributed by atoms with Gasteiger partial charge in [0, 0.05) is 0 Å². The van der Waals surface area contributed by atoms with Crippen molar-refractivity contribution in [3.8, 4) is 0 Å². The fourth-order valence-corrected chi connectivity index (χ4v) is 12.9. The fourth-order valence-electron chi connectivity index (χ4n) is 5.01. The van der Waals surface area contributed by atoms with Crippen LogP contribution in [0.3, 0.4) is 0 Å². The predicted molar refractivity (Wildman–Crippen MR) is 127 cm³/mol. The van der Waals surface area contributed by atoms with Crippen LogP contribution in [-0.2, 0) is 32.5 Å². The molecule has 2 fully saturated rings. The van der Waals surface area contributed by atoms with E-state index >= 15 is 0 Å². The first kappa shape index (κ1) is 28.1. The second-order valence-electron chi connectivity index (χ2n) is 9.75. The van der Waals surface area contributed by atoms with E-state index < -0.39 is 45.5 Å². The molecule has 2 aliphatic heterocycles. The van der Waals surface area contributed by atoms with E-state index in [1.807, 2.05) is 0 Å². The van der Waals surface area contributed by atoms with Gasteiger partial charge < -0.3 is 32.5 Å². The van der Waals surface area contributed by atoms with Gasteiger partial charge in [-0.15, -0.1) is 0 Å². The topological polar surface area (TPSA) is 98.8 Å². The van der Waals surface area contributed by atoms with Crippen LogP contribution >= 0.6 is 0 Å². The van der Waals surface area contributed by atoms with Crippen molar-refractivity contribution in [1.82, 2.24) is 0 Å². The molecule has 0 aliphatic carbocycles. The highest BCUT2D eigenvalue weighted by atomic mass is 28.4. The molecule has 0 spiro atoms. The highest BCUT2D eigenvalue weighted by Crippen LogP contribution is 2.42. The molecule has 0 radical (unpaired) electrons. The highest BCUT2D eigenvalue weighted by molar-refractivity contribution is 6.78. The molecule has 0 aromatic heterocycles. The first-order chi connectivity index (χ1) is 15.4. The van der Waals surface area contributed by atoms with Crippen LogP contribution in [0.5, 0.6) is 0 Å². The van der Waals surface area contributed by atoms with E-state index in [4.69, 9.17) is 32.5 Å². The van der Waals surface area contributed by atoms with Gasteiger partial charge in [-0.25, -0.2) is 9.59 Å². The third-order valence-corrected chi connectivity index (χ3v) is 15.4. The maximum atomic E-state index is 11.3. The van der Waals surface area contributed by atoms with Crippen molar-refractivity contribution in [1.29, 1.82) is 0 Å². The number of cyclic esters (lactones) is 4. The summed E-state index contributed by atoms with van der Waals surface area (Å²) >= 11 is 0. The molecule has 2 rings (SSSR count). The number of ether oxygens (including phenoxy) is 5. The third-order valence-electron chi connectivity index (χ3n) is 7.40. The van der Waals surface area contributed by atoms with Gasteiger partial charge >= 0.3 is 12.3 Å². The Hall–Kier alpha value is -1.15. The maximum absolute atomic E-state index is 11.3. The second-order valence-corrected chi connectivity index (χ2v) is 18.1. The number of rotatable bonds is 14. The Morgan fingerprint density at radius 2 is 1.21 bits per heavy atom. The maximum Gasteiger partial charge on any atom is 0.508 e. The lowest BCUT2D eigenvalue weighted by atomic mass is 10.2. The molecule has 0 saturated carbocycles. The van der Waals surface area contributed by atoms with Crippen molar-refractivity contribution in [2.45, 2.75) is 102 Å². The molecule has 33 heavy (non-hydrogen) atoms. The van der Waals surface area contributed by atoms with Crippen molar-refractivity contribution >= 4 is 28.9 Å². The molecule has 0 aromatic rings. The standard InChI is InChI=1S/C22H42O9Si2/c1-9-21(10-2,27-15-17-13-25-19(23)29-17)33(7,8)31-22(11-3,12-4)32(5,6)28-16-18-14-26-20(24)30-18/h17-18H,9-16H2,1-8H3. The summed E-state index contributed by atoms with van der Waals surface area (Å²) in [5.41, 5.74) is 0. The van der Waals surface area contributed by atoms with Gasteiger partial charge in [-0.1, -0.05) is 27.7 Å². The van der Waals surface area contributed by atoms with Gasteiger partial charge in [-0.3, -0.25) is 0 Å². The zero-order chi connectivity index (χ0) is 24.9. The zero-order valence-corrected chi connectivity index (χ0v) is 23.5. The van der Waals surface area contributed by atoms with Crippen molar-refractivity contribution in [3.05, 3.63) is 0 Å². The molecule has 0 aromatic carbocycles. The summed E-state index contributed by atoms with van der Waals surface area (Å²) in [6.07, 6.45) is 1.11. The van der Waals surface area contributed by atoms with Crippen LogP contribution in [0, 0.1) is 0 Å². The van der Waals surface area contributed by atoms with Crippen molar-refractivity contribution in [2.75, 3.05) is 26.4 Å². The lowest BCUT2D eigenvalue weighted by Crippen LogP contribution is -2.68. The van der Waals surface area contributed by atoms with Crippen LogP contribution in [0.1, 0.15) is 53.4 Å². The second kappa shape index (κ2) is 11.1. The van der Waals surface area contributed by atoms with Crippen LogP contribution < -0.4 is 0 Å². The van der Waals surface area contributed by atoms with Gasteiger partial charge in [0.25, 0.3) is 0 Å². The highest BCUT2D eigenvalue weighted by Gasteiger charge is 2.56. The van der Waals surface area contributed by atoms with Crippen LogP contribution in [0.15, 0.2) is 0 Å². The molecule has 9 nitrogen and oxygen atoms in total. The normalized spacial score (nSPS) is 22.1. The number of carbonyl (C=O) groups excluding carboxylic acids is 2. The van der Waals surface area contributed by atoms with Crippen LogP contribution in [0.4, 0.5) is 9.59 Å². The largest absolute Gasteiger partial charge is 0.508 e. The molecule has 0 N–H and O–H groups in total. The summed E-state index contributed by atoms with van der Waals surface area (Å²) in [5, 5.41) is -0.898. The predicted octanol–water partition coefficient (Wildman–Crippen LogP) is 4.71. The average Bonchev–Trinajstić information content (AvgIpc) is 3.39. The molecule has 0 bridgehead atoms. The Balaban J connectivity index is 2.19. The SMILES string of the molecule is CCC(CC)(O[Si](C)(C)C(CC)(CC)OCC1COC(=O)O1)[Si](C)(C)OCC1COC(=O)O1. The van der Waals surface area contributed by atoms with E-state index in [0.29, 0.717) is 6.61 Å². The molecular formula is C22H42O9Si2. The van der Waals surface area contributed by atoms with Crippen LogP contribution in [-0.4, -0.2) is 78.0 Å². The summed E-state index contributed by atoms with van der Waals surface area (Å²) in [4.78, 5) is 22.6. The molecular weight excluding hydrogens is 464 g/mol. The quantitative estimate of drug-likeness (QED) is 0.245. The molecule has 11 heteroatoms. The average molecular weight is 507 g/mol. The molecule has 2 heterocycles. The van der Waals surface area contributed by atoms with Gasteiger partial charge in [-0.05, 0) is 51.9 Å². The first-order valence-electron chi connectivity index (χ1n) is 12.0. The Morgan fingerprint density at radius 3 is 1.61 bits per heavy atom. The van der Waals surface area contributed by atoms with Crippen LogP contribution in [0.2, 0.25) is 26.2 Å². The van der Waals surface area contributed by atoms with E-state index in [9.17, 15) is 9.59 Å². The fraction of sp³-hybridized carbons (Fsp3) is 0.909. The summed E-state index contributed by atoms with van der Waals surface area (Å²) in [7, 11) is -4.91.